The minimum atomic E-state index is -0.988. The maximum atomic E-state index is 10.3. The van der Waals surface area contributed by atoms with Crippen LogP contribution in [0.4, 0.5) is 5.69 Å². The molecule has 5 heteroatoms. The molecule has 0 aliphatic rings. The fourth-order valence-corrected chi connectivity index (χ4v) is 1.18. The number of benzene rings is 1. The van der Waals surface area contributed by atoms with Gasteiger partial charge in [0.1, 0.15) is 0 Å². The van der Waals surface area contributed by atoms with E-state index < -0.39 is 12.1 Å². The summed E-state index contributed by atoms with van der Waals surface area (Å²) in [6.45, 7) is -0.0206. The van der Waals surface area contributed by atoms with Crippen LogP contribution >= 0.6 is 0 Å². The lowest BCUT2D eigenvalue weighted by Crippen LogP contribution is -2.22. The van der Waals surface area contributed by atoms with Gasteiger partial charge in [-0.05, 0) is 23.8 Å². The Kier molecular flexibility index (Phi) is 5.19. The summed E-state index contributed by atoms with van der Waals surface area (Å²) in [4.78, 5) is 10.3. The van der Waals surface area contributed by atoms with Gasteiger partial charge in [-0.1, -0.05) is 12.1 Å². The second kappa shape index (κ2) is 6.67. The predicted octanol–water partition coefficient (Wildman–Crippen LogP) is 0.549. The number of carbonyl (C=O) groups is 1. The van der Waals surface area contributed by atoms with Crippen molar-refractivity contribution in [3.8, 4) is 0 Å². The molecule has 4 N–H and O–H groups in total. The van der Waals surface area contributed by atoms with Gasteiger partial charge in [0.2, 0.25) is 0 Å². The monoisotopic (exact) mass is 237 g/mol. The van der Waals surface area contributed by atoms with Gasteiger partial charge < -0.3 is 20.6 Å². The van der Waals surface area contributed by atoms with Gasteiger partial charge in [-0.2, -0.15) is 0 Å². The lowest BCUT2D eigenvalue weighted by molar-refractivity contribution is -0.131. The molecular weight excluding hydrogens is 222 g/mol. The quantitative estimate of drug-likeness (QED) is 0.542. The SMILES string of the molecule is O=C(O)C=Cc1ccc(NCC(O)CO)cc1. The third-order valence-electron chi connectivity index (χ3n) is 2.08. The van der Waals surface area contributed by atoms with E-state index in [4.69, 9.17) is 15.3 Å². The Balaban J connectivity index is 2.53. The van der Waals surface area contributed by atoms with Crippen molar-refractivity contribution in [2.75, 3.05) is 18.5 Å². The van der Waals surface area contributed by atoms with Crippen molar-refractivity contribution >= 4 is 17.7 Å². The van der Waals surface area contributed by atoms with Gasteiger partial charge >= 0.3 is 5.97 Å². The first-order valence-electron chi connectivity index (χ1n) is 5.15. The number of carboxylic acid groups (broad SMARTS) is 1. The summed E-state index contributed by atoms with van der Waals surface area (Å²) < 4.78 is 0. The van der Waals surface area contributed by atoms with Gasteiger partial charge in [-0.3, -0.25) is 0 Å². The minimum Gasteiger partial charge on any atom is -0.478 e. The highest BCUT2D eigenvalue weighted by molar-refractivity contribution is 5.85. The van der Waals surface area contributed by atoms with Gasteiger partial charge in [0, 0.05) is 18.3 Å². The van der Waals surface area contributed by atoms with Gasteiger partial charge in [-0.15, -0.1) is 0 Å². The van der Waals surface area contributed by atoms with Gasteiger partial charge in [0.15, 0.2) is 0 Å². The Labute approximate surface area is 99.0 Å². The molecule has 0 saturated heterocycles. The number of carboxylic acids is 1. The van der Waals surface area contributed by atoms with Crippen LogP contribution in [0.5, 0.6) is 0 Å². The number of nitrogens with one attached hydrogen (secondary N) is 1. The maximum Gasteiger partial charge on any atom is 0.328 e. The van der Waals surface area contributed by atoms with Crippen molar-refractivity contribution in [1.82, 2.24) is 0 Å². The zero-order valence-corrected chi connectivity index (χ0v) is 9.21. The number of aliphatic hydroxyl groups is 2. The molecule has 1 aromatic rings. The minimum absolute atomic E-state index is 0.265. The van der Waals surface area contributed by atoms with Crippen LogP contribution in [0.3, 0.4) is 0 Å². The summed E-state index contributed by atoms with van der Waals surface area (Å²) in [5, 5.41) is 29.1. The average Bonchev–Trinajstić information content (AvgIpc) is 2.34. The molecule has 17 heavy (non-hydrogen) atoms. The fourth-order valence-electron chi connectivity index (χ4n) is 1.18. The molecule has 0 fully saturated rings. The van der Waals surface area contributed by atoms with Crippen molar-refractivity contribution in [1.29, 1.82) is 0 Å². The molecule has 0 aliphatic carbocycles. The van der Waals surface area contributed by atoms with Crippen LogP contribution in [0.25, 0.3) is 6.08 Å². The van der Waals surface area contributed by atoms with Crippen molar-refractivity contribution in [3.05, 3.63) is 35.9 Å². The summed E-state index contributed by atoms with van der Waals surface area (Å²) in [5.41, 5.74) is 1.57. The topological polar surface area (TPSA) is 89.8 Å². The molecule has 0 aromatic heterocycles. The van der Waals surface area contributed by atoms with Gasteiger partial charge in [-0.25, -0.2) is 4.79 Å². The van der Waals surface area contributed by atoms with Crippen LogP contribution in [0.1, 0.15) is 5.56 Å². The van der Waals surface area contributed by atoms with E-state index >= 15 is 0 Å². The Morgan fingerprint density at radius 1 is 1.35 bits per heavy atom. The maximum absolute atomic E-state index is 10.3. The summed E-state index contributed by atoms with van der Waals surface area (Å²) in [6.07, 6.45) is 1.77. The molecule has 1 atom stereocenters. The Morgan fingerprint density at radius 2 is 2.00 bits per heavy atom. The van der Waals surface area contributed by atoms with E-state index in [1.165, 1.54) is 6.08 Å². The Morgan fingerprint density at radius 3 is 2.53 bits per heavy atom. The molecule has 0 amide bonds. The lowest BCUT2D eigenvalue weighted by Gasteiger charge is -2.10. The second-order valence-corrected chi connectivity index (χ2v) is 3.51. The standard InChI is InChI=1S/C12H15NO4/c14-8-11(15)7-13-10-4-1-9(2-5-10)3-6-12(16)17/h1-6,11,13-15H,7-8H2,(H,16,17). The van der Waals surface area contributed by atoms with E-state index in [1.54, 1.807) is 24.3 Å². The summed E-state index contributed by atoms with van der Waals surface area (Å²) in [6, 6.07) is 7.05. The van der Waals surface area contributed by atoms with E-state index in [9.17, 15) is 4.79 Å². The number of rotatable bonds is 6. The molecule has 5 nitrogen and oxygen atoms in total. The van der Waals surface area contributed by atoms with Gasteiger partial charge in [0.25, 0.3) is 0 Å². The normalized spacial score (nSPS) is 12.6. The van der Waals surface area contributed by atoms with Crippen molar-refractivity contribution in [3.63, 3.8) is 0 Å². The zero-order chi connectivity index (χ0) is 12.7. The van der Waals surface area contributed by atoms with Crippen LogP contribution < -0.4 is 5.32 Å². The smallest absolute Gasteiger partial charge is 0.328 e. The van der Waals surface area contributed by atoms with Crippen molar-refractivity contribution in [2.24, 2.45) is 0 Å². The molecule has 92 valence electrons. The predicted molar refractivity (Wildman–Crippen MR) is 64.7 cm³/mol. The van der Waals surface area contributed by atoms with E-state index in [0.717, 1.165) is 17.3 Å². The molecule has 1 aromatic carbocycles. The zero-order valence-electron chi connectivity index (χ0n) is 9.21. The number of aliphatic carboxylic acids is 1. The highest BCUT2D eigenvalue weighted by Gasteiger charge is 2.00. The first-order valence-corrected chi connectivity index (χ1v) is 5.15. The van der Waals surface area contributed by atoms with Crippen LogP contribution in [-0.4, -0.2) is 40.5 Å². The Hall–Kier alpha value is -1.85. The third kappa shape index (κ3) is 5.14. The molecule has 0 heterocycles. The van der Waals surface area contributed by atoms with Crippen LogP contribution in [0.2, 0.25) is 0 Å². The number of aliphatic hydroxyl groups excluding tert-OH is 2. The molecule has 0 saturated carbocycles. The Bertz CT molecular complexity index is 386. The first-order chi connectivity index (χ1) is 8.11. The summed E-state index contributed by atoms with van der Waals surface area (Å²) in [7, 11) is 0. The molecule has 0 aliphatic heterocycles. The molecule has 0 bridgehead atoms. The fraction of sp³-hybridized carbons (Fsp3) is 0.250. The molecule has 0 spiro atoms. The van der Waals surface area contributed by atoms with E-state index in [2.05, 4.69) is 5.32 Å². The van der Waals surface area contributed by atoms with Crippen molar-refractivity contribution < 1.29 is 20.1 Å². The van der Waals surface area contributed by atoms with E-state index in [1.807, 2.05) is 0 Å². The largest absolute Gasteiger partial charge is 0.478 e. The number of hydrogen-bond acceptors (Lipinski definition) is 4. The van der Waals surface area contributed by atoms with E-state index in [-0.39, 0.29) is 13.2 Å². The van der Waals surface area contributed by atoms with Gasteiger partial charge in [0.05, 0.1) is 12.7 Å². The molecule has 1 rings (SSSR count). The second-order valence-electron chi connectivity index (χ2n) is 3.51. The van der Waals surface area contributed by atoms with Crippen LogP contribution in [0.15, 0.2) is 30.3 Å². The lowest BCUT2D eigenvalue weighted by atomic mass is 10.2. The summed E-state index contributed by atoms with van der Waals surface area (Å²) in [5.74, 6) is -0.988. The van der Waals surface area contributed by atoms with Crippen molar-refractivity contribution in [2.45, 2.75) is 6.10 Å². The highest BCUT2D eigenvalue weighted by atomic mass is 16.4. The first kappa shape index (κ1) is 13.2. The summed E-state index contributed by atoms with van der Waals surface area (Å²) >= 11 is 0. The number of anilines is 1. The van der Waals surface area contributed by atoms with Crippen LogP contribution in [-0.2, 0) is 4.79 Å². The average molecular weight is 237 g/mol. The molecular formula is C12H15NO4. The number of hydrogen-bond donors (Lipinski definition) is 4. The van der Waals surface area contributed by atoms with Crippen LogP contribution in [0, 0.1) is 0 Å². The highest BCUT2D eigenvalue weighted by Crippen LogP contribution is 2.10. The molecule has 1 unspecified atom stereocenters. The third-order valence-corrected chi connectivity index (χ3v) is 2.08. The van der Waals surface area contributed by atoms with E-state index in [0.29, 0.717) is 0 Å². The molecule has 0 radical (unpaired) electrons.